The number of methoxy groups -OCH3 is 1. The second-order valence-corrected chi connectivity index (χ2v) is 6.44. The molecule has 1 heterocycles. The maximum atomic E-state index is 13.1. The van der Waals surface area contributed by atoms with Crippen molar-refractivity contribution >= 4 is 17.8 Å². The molecule has 0 bridgehead atoms. The van der Waals surface area contributed by atoms with E-state index in [9.17, 15) is 23.2 Å². The largest absolute Gasteiger partial charge is 0.469 e. The number of carbonyl (C=O) groups excluding carboxylic acids is 3. The van der Waals surface area contributed by atoms with Crippen molar-refractivity contribution in [1.82, 2.24) is 4.90 Å². The summed E-state index contributed by atoms with van der Waals surface area (Å²) in [6.45, 7) is 5.24. The fraction of sp³-hybridized carbons (Fsp3) is 0.800. The molecule has 1 unspecified atom stereocenters. The minimum atomic E-state index is -3.01. The van der Waals surface area contributed by atoms with Gasteiger partial charge in [-0.1, -0.05) is 0 Å². The summed E-state index contributed by atoms with van der Waals surface area (Å²) in [4.78, 5) is 36.8. The van der Waals surface area contributed by atoms with Crippen molar-refractivity contribution in [3.8, 4) is 0 Å². The molecule has 1 rings (SSSR count). The zero-order valence-electron chi connectivity index (χ0n) is 13.8. The number of amides is 1. The number of rotatable bonds is 5. The molecule has 0 spiro atoms. The molecule has 1 aliphatic heterocycles. The molecule has 0 saturated carbocycles. The van der Waals surface area contributed by atoms with Crippen molar-refractivity contribution in [2.24, 2.45) is 5.92 Å². The molecule has 0 N–H and O–H groups in total. The third-order valence-electron chi connectivity index (χ3n) is 3.45. The van der Waals surface area contributed by atoms with Crippen molar-refractivity contribution in [1.29, 1.82) is 0 Å². The van der Waals surface area contributed by atoms with Crippen LogP contribution in [0.1, 0.15) is 40.0 Å². The molecule has 2 atom stereocenters. The van der Waals surface area contributed by atoms with Gasteiger partial charge in [0.05, 0.1) is 13.5 Å². The van der Waals surface area contributed by atoms with Crippen LogP contribution >= 0.6 is 0 Å². The molecule has 0 aromatic heterocycles. The molecule has 23 heavy (non-hydrogen) atoms. The maximum absolute atomic E-state index is 13.1. The van der Waals surface area contributed by atoms with E-state index in [2.05, 4.69) is 4.74 Å². The van der Waals surface area contributed by atoms with Crippen LogP contribution in [-0.2, 0) is 23.9 Å². The van der Waals surface area contributed by atoms with Crippen molar-refractivity contribution in [3.05, 3.63) is 0 Å². The van der Waals surface area contributed by atoms with Gasteiger partial charge < -0.3 is 14.4 Å². The topological polar surface area (TPSA) is 72.9 Å². The van der Waals surface area contributed by atoms with Gasteiger partial charge >= 0.3 is 11.9 Å². The lowest BCUT2D eigenvalue weighted by atomic mass is 10.0. The van der Waals surface area contributed by atoms with E-state index in [0.29, 0.717) is 12.8 Å². The molecule has 0 aromatic carbocycles. The summed E-state index contributed by atoms with van der Waals surface area (Å²) in [6, 6.07) is -0.888. The zero-order valence-corrected chi connectivity index (χ0v) is 13.8. The van der Waals surface area contributed by atoms with Crippen molar-refractivity contribution in [2.75, 3.05) is 13.7 Å². The number of esters is 2. The van der Waals surface area contributed by atoms with Gasteiger partial charge in [-0.25, -0.2) is 13.6 Å². The molecule has 8 heteroatoms. The quantitative estimate of drug-likeness (QED) is 0.716. The summed E-state index contributed by atoms with van der Waals surface area (Å²) in [5.74, 6) is -4.24. The standard InChI is InChI=1S/C15H23F2NO5/c1-15(2,3)23-14(21)10-6-5-7-18(10)13(20)9(12(16)17)8-11(19)22-4/h9-10,12H,5-8H2,1-4H3/t9?,10-/m0/s1. The van der Waals surface area contributed by atoms with Crippen LogP contribution in [0.15, 0.2) is 0 Å². The predicted octanol–water partition coefficient (Wildman–Crippen LogP) is 1.76. The number of nitrogens with zero attached hydrogens (tertiary/aromatic N) is 1. The summed E-state index contributed by atoms with van der Waals surface area (Å²) in [5.41, 5.74) is -0.734. The molecule has 1 aliphatic rings. The van der Waals surface area contributed by atoms with Crippen LogP contribution in [0.5, 0.6) is 0 Å². The highest BCUT2D eigenvalue weighted by molar-refractivity contribution is 5.89. The molecule has 1 saturated heterocycles. The second kappa shape index (κ2) is 7.70. The molecule has 1 fully saturated rings. The average Bonchev–Trinajstić information content (AvgIpc) is 2.90. The maximum Gasteiger partial charge on any atom is 0.329 e. The van der Waals surface area contributed by atoms with E-state index in [1.165, 1.54) is 0 Å². The van der Waals surface area contributed by atoms with Crippen LogP contribution < -0.4 is 0 Å². The molecule has 6 nitrogen and oxygen atoms in total. The van der Waals surface area contributed by atoms with Gasteiger partial charge in [0, 0.05) is 6.54 Å². The normalized spacial score (nSPS) is 19.6. The molecule has 1 amide bonds. The fourth-order valence-corrected chi connectivity index (χ4v) is 2.41. The summed E-state index contributed by atoms with van der Waals surface area (Å²) in [6.07, 6.45) is -2.86. The van der Waals surface area contributed by atoms with E-state index in [-0.39, 0.29) is 6.54 Å². The van der Waals surface area contributed by atoms with Crippen LogP contribution in [0.25, 0.3) is 0 Å². The van der Waals surface area contributed by atoms with Gasteiger partial charge in [0.2, 0.25) is 5.91 Å². The highest BCUT2D eigenvalue weighted by Crippen LogP contribution is 2.26. The Kier molecular flexibility index (Phi) is 6.47. The van der Waals surface area contributed by atoms with Gasteiger partial charge in [0.25, 0.3) is 6.43 Å². The number of carbonyl (C=O) groups is 3. The van der Waals surface area contributed by atoms with E-state index in [1.807, 2.05) is 0 Å². The van der Waals surface area contributed by atoms with E-state index in [4.69, 9.17) is 4.74 Å². The minimum absolute atomic E-state index is 0.188. The van der Waals surface area contributed by atoms with Gasteiger partial charge in [-0.05, 0) is 33.6 Å². The van der Waals surface area contributed by atoms with Crippen LogP contribution in [0.3, 0.4) is 0 Å². The Hall–Kier alpha value is -1.73. The number of halogens is 2. The van der Waals surface area contributed by atoms with Gasteiger partial charge in [0.1, 0.15) is 17.6 Å². The zero-order chi connectivity index (χ0) is 17.8. The Bertz CT molecular complexity index is 461. The van der Waals surface area contributed by atoms with E-state index in [0.717, 1.165) is 12.0 Å². The minimum Gasteiger partial charge on any atom is -0.469 e. The van der Waals surface area contributed by atoms with Gasteiger partial charge in [-0.2, -0.15) is 0 Å². The smallest absolute Gasteiger partial charge is 0.329 e. The Morgan fingerprint density at radius 2 is 1.87 bits per heavy atom. The Balaban J connectivity index is 2.86. The third kappa shape index (κ3) is 5.44. The fourth-order valence-electron chi connectivity index (χ4n) is 2.41. The Morgan fingerprint density at radius 3 is 2.35 bits per heavy atom. The Morgan fingerprint density at radius 1 is 1.26 bits per heavy atom. The second-order valence-electron chi connectivity index (χ2n) is 6.44. The van der Waals surface area contributed by atoms with E-state index >= 15 is 0 Å². The first-order chi connectivity index (χ1) is 10.6. The monoisotopic (exact) mass is 335 g/mol. The van der Waals surface area contributed by atoms with Crippen LogP contribution in [0.4, 0.5) is 8.78 Å². The van der Waals surface area contributed by atoms with Crippen molar-refractivity contribution in [3.63, 3.8) is 0 Å². The van der Waals surface area contributed by atoms with Gasteiger partial charge in [-0.3, -0.25) is 9.59 Å². The lowest BCUT2D eigenvalue weighted by molar-refractivity contribution is -0.165. The average molecular weight is 335 g/mol. The Labute approximate surface area is 134 Å². The number of ether oxygens (including phenoxy) is 2. The molecule has 0 aromatic rings. The van der Waals surface area contributed by atoms with Crippen LogP contribution in [-0.4, -0.2) is 54.5 Å². The SMILES string of the molecule is COC(=O)CC(C(=O)N1CCC[C@H]1C(=O)OC(C)(C)C)C(F)F. The lowest BCUT2D eigenvalue weighted by Crippen LogP contribution is -2.47. The summed E-state index contributed by atoms with van der Waals surface area (Å²) in [5, 5.41) is 0. The lowest BCUT2D eigenvalue weighted by Gasteiger charge is -2.29. The molecule has 0 aliphatic carbocycles. The van der Waals surface area contributed by atoms with Crippen molar-refractivity contribution in [2.45, 2.75) is 58.1 Å². The number of hydrogen-bond acceptors (Lipinski definition) is 5. The van der Waals surface area contributed by atoms with Gasteiger partial charge in [0.15, 0.2) is 0 Å². The number of alkyl halides is 2. The molecule has 132 valence electrons. The first-order valence-corrected chi connectivity index (χ1v) is 7.45. The summed E-state index contributed by atoms with van der Waals surface area (Å²) in [7, 11) is 1.06. The molecular weight excluding hydrogens is 312 g/mol. The summed E-state index contributed by atoms with van der Waals surface area (Å²) >= 11 is 0. The number of hydrogen-bond donors (Lipinski definition) is 0. The molecular formula is C15H23F2NO5. The third-order valence-corrected chi connectivity index (χ3v) is 3.45. The van der Waals surface area contributed by atoms with Crippen LogP contribution in [0.2, 0.25) is 0 Å². The molecule has 0 radical (unpaired) electrons. The van der Waals surface area contributed by atoms with Crippen LogP contribution in [0, 0.1) is 5.92 Å². The highest BCUT2D eigenvalue weighted by atomic mass is 19.3. The number of likely N-dealkylation sites (tertiary alicyclic amines) is 1. The van der Waals surface area contributed by atoms with E-state index in [1.54, 1.807) is 20.8 Å². The van der Waals surface area contributed by atoms with E-state index < -0.39 is 48.3 Å². The first-order valence-electron chi connectivity index (χ1n) is 7.45. The highest BCUT2D eigenvalue weighted by Gasteiger charge is 2.42. The first kappa shape index (κ1) is 19.3. The predicted molar refractivity (Wildman–Crippen MR) is 76.7 cm³/mol. The van der Waals surface area contributed by atoms with Crippen molar-refractivity contribution < 1.29 is 32.6 Å². The van der Waals surface area contributed by atoms with Gasteiger partial charge in [-0.15, -0.1) is 0 Å². The summed E-state index contributed by atoms with van der Waals surface area (Å²) < 4.78 is 35.8.